The molecule has 0 unspecified atom stereocenters. The van der Waals surface area contributed by atoms with Crippen LogP contribution in [-0.2, 0) is 10.0 Å². The lowest BCUT2D eigenvalue weighted by molar-refractivity contribution is 0.100. The van der Waals surface area contributed by atoms with Crippen molar-refractivity contribution in [2.24, 2.45) is 5.73 Å². The highest BCUT2D eigenvalue weighted by Crippen LogP contribution is 2.30. The van der Waals surface area contributed by atoms with Gasteiger partial charge in [-0.1, -0.05) is 17.8 Å². The molecule has 172 valence electrons. The lowest BCUT2D eigenvalue weighted by atomic mass is 10.1. The van der Waals surface area contributed by atoms with E-state index in [2.05, 4.69) is 15.2 Å². The number of hydrogen-bond donors (Lipinski definition) is 2. The Labute approximate surface area is 191 Å². The number of anilines is 2. The maximum Gasteiger partial charge on any atom is 0.260 e. The Hall–Kier alpha value is -2.50. The summed E-state index contributed by atoms with van der Waals surface area (Å²) in [6.07, 6.45) is 7.18. The molecule has 2 amide bonds. The Balaban J connectivity index is 1.68. The first kappa shape index (κ1) is 22.7. The monoisotopic (exact) mass is 477 g/mol. The summed E-state index contributed by atoms with van der Waals surface area (Å²) in [5, 5.41) is 2.93. The molecule has 1 aromatic carbocycles. The van der Waals surface area contributed by atoms with Crippen LogP contribution in [0.15, 0.2) is 29.3 Å². The fourth-order valence-corrected chi connectivity index (χ4v) is 6.34. The van der Waals surface area contributed by atoms with Crippen LogP contribution in [0.2, 0.25) is 0 Å². The third-order valence-corrected chi connectivity index (χ3v) is 8.65. The molecule has 2 aliphatic heterocycles. The molecule has 0 atom stereocenters. The number of piperidine rings is 2. The molecule has 11 heteroatoms. The molecule has 2 aliphatic rings. The van der Waals surface area contributed by atoms with Gasteiger partial charge in [0.1, 0.15) is 4.88 Å². The summed E-state index contributed by atoms with van der Waals surface area (Å²) in [5.74, 6) is -1.08. The van der Waals surface area contributed by atoms with E-state index in [4.69, 9.17) is 5.73 Å². The number of carbonyl (C=O) groups is 2. The van der Waals surface area contributed by atoms with Crippen LogP contribution in [0.3, 0.4) is 0 Å². The van der Waals surface area contributed by atoms with Gasteiger partial charge in [0.2, 0.25) is 10.0 Å². The van der Waals surface area contributed by atoms with Gasteiger partial charge in [0.05, 0.1) is 16.7 Å². The molecule has 0 bridgehead atoms. The molecule has 1 aromatic heterocycles. The van der Waals surface area contributed by atoms with E-state index in [-0.39, 0.29) is 20.5 Å². The number of rotatable bonds is 6. The number of sulfonamides is 1. The molecule has 0 saturated carbocycles. The van der Waals surface area contributed by atoms with Gasteiger partial charge in [-0.2, -0.15) is 4.31 Å². The maximum absolute atomic E-state index is 13.2. The fourth-order valence-electron chi connectivity index (χ4n) is 4.13. The summed E-state index contributed by atoms with van der Waals surface area (Å²) in [5.41, 5.74) is 6.25. The molecule has 4 rings (SSSR count). The van der Waals surface area contributed by atoms with Crippen molar-refractivity contribution in [3.8, 4) is 0 Å². The highest BCUT2D eigenvalue weighted by molar-refractivity contribution is 7.89. The Morgan fingerprint density at radius 2 is 1.66 bits per heavy atom. The van der Waals surface area contributed by atoms with Crippen molar-refractivity contribution in [2.75, 3.05) is 36.4 Å². The van der Waals surface area contributed by atoms with Crippen molar-refractivity contribution in [3.05, 3.63) is 34.8 Å². The first-order chi connectivity index (χ1) is 15.4. The van der Waals surface area contributed by atoms with Gasteiger partial charge >= 0.3 is 0 Å². The van der Waals surface area contributed by atoms with Crippen molar-refractivity contribution in [1.29, 1.82) is 0 Å². The molecule has 2 aromatic rings. The van der Waals surface area contributed by atoms with Gasteiger partial charge in [0, 0.05) is 31.9 Å². The second kappa shape index (κ2) is 9.55. The van der Waals surface area contributed by atoms with Crippen LogP contribution in [0.4, 0.5) is 10.8 Å². The zero-order valence-corrected chi connectivity index (χ0v) is 19.4. The van der Waals surface area contributed by atoms with Crippen LogP contribution in [0.25, 0.3) is 0 Å². The minimum absolute atomic E-state index is 0.113. The zero-order chi connectivity index (χ0) is 22.7. The van der Waals surface area contributed by atoms with Crippen molar-refractivity contribution >= 4 is 44.0 Å². The predicted molar refractivity (Wildman–Crippen MR) is 124 cm³/mol. The van der Waals surface area contributed by atoms with Crippen LogP contribution in [0, 0.1) is 0 Å². The molecule has 2 saturated heterocycles. The Kier molecular flexibility index (Phi) is 6.77. The zero-order valence-electron chi connectivity index (χ0n) is 17.7. The lowest BCUT2D eigenvalue weighted by Gasteiger charge is -2.31. The number of primary amides is 1. The summed E-state index contributed by atoms with van der Waals surface area (Å²) in [7, 11) is -3.68. The van der Waals surface area contributed by atoms with Crippen LogP contribution in [0.1, 0.15) is 58.6 Å². The van der Waals surface area contributed by atoms with Gasteiger partial charge in [-0.25, -0.2) is 13.4 Å². The van der Waals surface area contributed by atoms with Crippen molar-refractivity contribution in [2.45, 2.75) is 43.4 Å². The minimum atomic E-state index is -3.68. The second-order valence-electron chi connectivity index (χ2n) is 8.04. The number of nitrogens with one attached hydrogen (secondary N) is 1. The summed E-state index contributed by atoms with van der Waals surface area (Å²) in [6, 6.07) is 4.79. The molecule has 0 radical (unpaired) electrons. The molecule has 3 heterocycles. The third-order valence-electron chi connectivity index (χ3n) is 5.83. The first-order valence-electron chi connectivity index (χ1n) is 10.8. The molecule has 32 heavy (non-hydrogen) atoms. The van der Waals surface area contributed by atoms with E-state index in [0.717, 1.165) is 63.0 Å². The number of amides is 2. The fraction of sp³-hybridized carbons (Fsp3) is 0.476. The maximum atomic E-state index is 13.2. The van der Waals surface area contributed by atoms with Gasteiger partial charge in [-0.05, 0) is 50.3 Å². The highest BCUT2D eigenvalue weighted by atomic mass is 32.2. The average Bonchev–Trinajstić information content (AvgIpc) is 3.28. The molecule has 0 aliphatic carbocycles. The normalized spacial score (nSPS) is 17.8. The number of thiazole rings is 1. The van der Waals surface area contributed by atoms with Crippen molar-refractivity contribution in [1.82, 2.24) is 9.29 Å². The van der Waals surface area contributed by atoms with Gasteiger partial charge < -0.3 is 10.6 Å². The van der Waals surface area contributed by atoms with E-state index in [1.54, 1.807) is 12.1 Å². The summed E-state index contributed by atoms with van der Waals surface area (Å²) < 4.78 is 27.9. The Bertz CT molecular complexity index is 1100. The number of carbonyl (C=O) groups excluding carboxylic acids is 2. The second-order valence-corrected chi connectivity index (χ2v) is 11.0. The molecule has 9 nitrogen and oxygen atoms in total. The number of hydrogen-bond acceptors (Lipinski definition) is 7. The average molecular weight is 478 g/mol. The van der Waals surface area contributed by atoms with E-state index in [0.29, 0.717) is 18.8 Å². The van der Waals surface area contributed by atoms with Crippen molar-refractivity contribution in [3.63, 3.8) is 0 Å². The van der Waals surface area contributed by atoms with E-state index < -0.39 is 21.8 Å². The topological polar surface area (TPSA) is 126 Å². The van der Waals surface area contributed by atoms with E-state index in [1.165, 1.54) is 16.6 Å². The summed E-state index contributed by atoms with van der Waals surface area (Å²) in [6.45, 7) is 2.60. The first-order valence-corrected chi connectivity index (χ1v) is 13.1. The number of nitrogens with two attached hydrogens (primary N) is 1. The number of benzene rings is 1. The van der Waals surface area contributed by atoms with Gasteiger partial charge in [0.15, 0.2) is 5.13 Å². The smallest absolute Gasteiger partial charge is 0.260 e. The van der Waals surface area contributed by atoms with E-state index in [9.17, 15) is 18.0 Å². The highest BCUT2D eigenvalue weighted by Gasteiger charge is 2.29. The van der Waals surface area contributed by atoms with Crippen LogP contribution < -0.4 is 16.0 Å². The van der Waals surface area contributed by atoms with Crippen LogP contribution in [-0.4, -0.2) is 55.7 Å². The molecule has 2 fully saturated rings. The molecular formula is C21H27N5O4S2. The molecule has 3 N–H and O–H groups in total. The summed E-state index contributed by atoms with van der Waals surface area (Å²) in [4.78, 5) is 31.1. The SMILES string of the molecule is NC(=O)c1cnc(NC(=O)c2cc(S(=O)(=O)N3CCCCC3)ccc2N2CCCCC2)s1. The van der Waals surface area contributed by atoms with Crippen LogP contribution >= 0.6 is 11.3 Å². The van der Waals surface area contributed by atoms with E-state index in [1.807, 2.05) is 0 Å². The lowest BCUT2D eigenvalue weighted by Crippen LogP contribution is -2.36. The van der Waals surface area contributed by atoms with Crippen molar-refractivity contribution < 1.29 is 18.0 Å². The largest absolute Gasteiger partial charge is 0.371 e. The quantitative estimate of drug-likeness (QED) is 0.659. The predicted octanol–water partition coefficient (Wildman–Crippen LogP) is 2.66. The van der Waals surface area contributed by atoms with Gasteiger partial charge in [-0.15, -0.1) is 0 Å². The minimum Gasteiger partial charge on any atom is -0.371 e. The summed E-state index contributed by atoms with van der Waals surface area (Å²) >= 11 is 0.980. The Morgan fingerprint density at radius 3 is 2.28 bits per heavy atom. The third kappa shape index (κ3) is 4.79. The Morgan fingerprint density at radius 1 is 1.00 bits per heavy atom. The van der Waals surface area contributed by atoms with Gasteiger partial charge in [-0.3, -0.25) is 14.9 Å². The number of aromatic nitrogens is 1. The number of nitrogens with zero attached hydrogens (tertiary/aromatic N) is 3. The molecular weight excluding hydrogens is 450 g/mol. The standard InChI is InChI=1S/C21H27N5O4S2/c22-19(27)18-14-23-21(31-18)24-20(28)16-13-15(32(29,30)26-11-5-2-6-12-26)7-8-17(16)25-9-3-1-4-10-25/h7-8,13-14H,1-6,9-12H2,(H2,22,27)(H,23,24,28). The van der Waals surface area contributed by atoms with E-state index >= 15 is 0 Å². The van der Waals surface area contributed by atoms with Crippen LogP contribution in [0.5, 0.6) is 0 Å². The van der Waals surface area contributed by atoms with Gasteiger partial charge in [0.25, 0.3) is 11.8 Å². The molecule has 0 spiro atoms.